The van der Waals surface area contributed by atoms with Gasteiger partial charge in [-0.15, -0.1) is 0 Å². The van der Waals surface area contributed by atoms with Gasteiger partial charge in [-0.2, -0.15) is 0 Å². The van der Waals surface area contributed by atoms with Crippen molar-refractivity contribution >= 4 is 27.5 Å². The molecule has 0 aliphatic carbocycles. The van der Waals surface area contributed by atoms with E-state index in [0.717, 1.165) is 0 Å². The number of hydrogen-bond donors (Lipinski definition) is 3. The second-order valence-electron chi connectivity index (χ2n) is 6.76. The molecule has 0 bridgehead atoms. The number of ether oxygens (including phenoxy) is 1. The van der Waals surface area contributed by atoms with Gasteiger partial charge in [0.15, 0.2) is 0 Å². The van der Waals surface area contributed by atoms with Crippen LogP contribution in [0.5, 0.6) is 5.75 Å². The number of pyridine rings is 1. The van der Waals surface area contributed by atoms with Gasteiger partial charge in [0.1, 0.15) is 12.3 Å². The molecular formula is C22H22N4O6S. The highest BCUT2D eigenvalue weighted by Gasteiger charge is 2.15. The number of benzene rings is 2. The predicted octanol–water partition coefficient (Wildman–Crippen LogP) is 1.51. The summed E-state index contributed by atoms with van der Waals surface area (Å²) in [6.07, 6.45) is 1.46. The van der Waals surface area contributed by atoms with Crippen molar-refractivity contribution in [3.8, 4) is 5.75 Å². The molecule has 1 aromatic heterocycles. The van der Waals surface area contributed by atoms with Crippen molar-refractivity contribution in [1.29, 1.82) is 0 Å². The van der Waals surface area contributed by atoms with Crippen LogP contribution >= 0.6 is 0 Å². The van der Waals surface area contributed by atoms with E-state index in [-0.39, 0.29) is 28.3 Å². The largest absolute Gasteiger partial charge is 0.494 e. The molecule has 0 saturated heterocycles. The number of hydrogen-bond acceptors (Lipinski definition) is 6. The van der Waals surface area contributed by atoms with Gasteiger partial charge in [-0.25, -0.2) is 8.42 Å². The van der Waals surface area contributed by atoms with Gasteiger partial charge in [-0.3, -0.25) is 30.0 Å². The van der Waals surface area contributed by atoms with Gasteiger partial charge in [-0.05, 0) is 61.5 Å². The average molecular weight is 471 g/mol. The third-order valence-electron chi connectivity index (χ3n) is 4.37. The highest BCUT2D eigenvalue weighted by molar-refractivity contribution is 7.92. The molecule has 10 nitrogen and oxygen atoms in total. The van der Waals surface area contributed by atoms with Crippen LogP contribution in [-0.2, 0) is 21.4 Å². The summed E-state index contributed by atoms with van der Waals surface area (Å²) in [5.74, 6) is -0.629. The van der Waals surface area contributed by atoms with Gasteiger partial charge in [0.05, 0.1) is 11.5 Å². The molecule has 33 heavy (non-hydrogen) atoms. The lowest BCUT2D eigenvalue weighted by molar-refractivity contribution is -0.122. The Kier molecular flexibility index (Phi) is 7.46. The average Bonchev–Trinajstić information content (AvgIpc) is 2.80. The van der Waals surface area contributed by atoms with E-state index < -0.39 is 21.8 Å². The number of nitrogens with zero attached hydrogens (tertiary/aromatic N) is 1. The Morgan fingerprint density at radius 2 is 1.64 bits per heavy atom. The molecule has 172 valence electrons. The van der Waals surface area contributed by atoms with Gasteiger partial charge in [0, 0.05) is 23.5 Å². The number of carbonyl (C=O) groups is 2. The number of sulfonamides is 1. The summed E-state index contributed by atoms with van der Waals surface area (Å²) in [5, 5.41) is 0. The fourth-order valence-electron chi connectivity index (χ4n) is 2.77. The van der Waals surface area contributed by atoms with Crippen molar-refractivity contribution in [3.05, 3.63) is 88.8 Å². The van der Waals surface area contributed by atoms with Gasteiger partial charge in [0.25, 0.3) is 27.4 Å². The maximum absolute atomic E-state index is 12.5. The van der Waals surface area contributed by atoms with Crippen LogP contribution in [0.25, 0.3) is 0 Å². The summed E-state index contributed by atoms with van der Waals surface area (Å²) in [6.45, 7) is 2.05. The van der Waals surface area contributed by atoms with Crippen molar-refractivity contribution < 1.29 is 22.7 Å². The molecule has 0 saturated carbocycles. The first-order valence-electron chi connectivity index (χ1n) is 9.89. The summed E-state index contributed by atoms with van der Waals surface area (Å²) < 4.78 is 34.0. The van der Waals surface area contributed by atoms with Crippen LogP contribution in [0.3, 0.4) is 0 Å². The minimum absolute atomic E-state index is 0.0630. The molecule has 0 spiro atoms. The van der Waals surface area contributed by atoms with E-state index in [1.54, 1.807) is 24.3 Å². The van der Waals surface area contributed by atoms with Crippen LogP contribution in [0.1, 0.15) is 17.3 Å². The Labute approximate surface area is 190 Å². The maximum Gasteiger partial charge on any atom is 0.269 e. The van der Waals surface area contributed by atoms with Crippen LogP contribution in [0.4, 0.5) is 5.69 Å². The molecule has 2 aromatic carbocycles. The fraction of sp³-hybridized carbons (Fsp3) is 0.136. The van der Waals surface area contributed by atoms with E-state index in [4.69, 9.17) is 4.74 Å². The first kappa shape index (κ1) is 23.5. The molecule has 0 unspecified atom stereocenters. The molecule has 2 amide bonds. The van der Waals surface area contributed by atoms with Gasteiger partial charge < -0.3 is 9.30 Å². The highest BCUT2D eigenvalue weighted by Crippen LogP contribution is 2.19. The Hall–Kier alpha value is -4.12. The van der Waals surface area contributed by atoms with Crippen LogP contribution in [0.2, 0.25) is 0 Å². The first-order valence-corrected chi connectivity index (χ1v) is 11.4. The van der Waals surface area contributed by atoms with E-state index in [2.05, 4.69) is 15.6 Å². The zero-order chi connectivity index (χ0) is 23.8. The summed E-state index contributed by atoms with van der Waals surface area (Å²) in [5.41, 5.74) is 4.57. The van der Waals surface area contributed by atoms with E-state index in [9.17, 15) is 22.8 Å². The standard InChI is InChI=1S/C22H22N4O6S/c1-2-32-18-10-12-19(13-11-18)33(30,31)25-17-8-6-16(7-9-17)22(29)24-23-20(27)15-26-14-4-3-5-21(26)28/h3-14,25H,2,15H2,1H3,(H,23,27)(H,24,29). The van der Waals surface area contributed by atoms with Crippen molar-refractivity contribution in [2.75, 3.05) is 11.3 Å². The van der Waals surface area contributed by atoms with Crippen LogP contribution < -0.4 is 25.9 Å². The van der Waals surface area contributed by atoms with E-state index >= 15 is 0 Å². The summed E-state index contributed by atoms with van der Waals surface area (Å²) >= 11 is 0. The van der Waals surface area contributed by atoms with Crippen LogP contribution in [-0.4, -0.2) is 31.4 Å². The van der Waals surface area contributed by atoms with Crippen molar-refractivity contribution in [1.82, 2.24) is 15.4 Å². The SMILES string of the molecule is CCOc1ccc(S(=O)(=O)Nc2ccc(C(=O)NNC(=O)Cn3ccccc3=O)cc2)cc1. The Balaban J connectivity index is 1.56. The fourth-order valence-corrected chi connectivity index (χ4v) is 3.83. The lowest BCUT2D eigenvalue weighted by atomic mass is 10.2. The maximum atomic E-state index is 12.5. The van der Waals surface area contributed by atoms with Crippen molar-refractivity contribution in [3.63, 3.8) is 0 Å². The number of aromatic nitrogens is 1. The minimum Gasteiger partial charge on any atom is -0.494 e. The molecular weight excluding hydrogens is 448 g/mol. The van der Waals surface area contributed by atoms with Crippen molar-refractivity contribution in [2.45, 2.75) is 18.4 Å². The molecule has 1 heterocycles. The zero-order valence-electron chi connectivity index (χ0n) is 17.6. The predicted molar refractivity (Wildman–Crippen MR) is 121 cm³/mol. The second-order valence-corrected chi connectivity index (χ2v) is 8.44. The topological polar surface area (TPSA) is 136 Å². The number of carbonyl (C=O) groups excluding carboxylic acids is 2. The third kappa shape index (κ3) is 6.43. The lowest BCUT2D eigenvalue weighted by Crippen LogP contribution is -2.44. The summed E-state index contributed by atoms with van der Waals surface area (Å²) in [4.78, 5) is 35.8. The zero-order valence-corrected chi connectivity index (χ0v) is 18.5. The minimum atomic E-state index is -3.82. The van der Waals surface area contributed by atoms with Crippen molar-refractivity contribution in [2.24, 2.45) is 0 Å². The van der Waals surface area contributed by atoms with Gasteiger partial charge in [0.2, 0.25) is 0 Å². The smallest absolute Gasteiger partial charge is 0.269 e. The van der Waals surface area contributed by atoms with E-state index in [1.807, 2.05) is 6.92 Å². The van der Waals surface area contributed by atoms with Crippen LogP contribution in [0, 0.1) is 0 Å². The number of amides is 2. The molecule has 0 radical (unpaired) electrons. The number of rotatable bonds is 8. The summed E-state index contributed by atoms with van der Waals surface area (Å²) in [7, 11) is -3.82. The number of anilines is 1. The Morgan fingerprint density at radius 1 is 0.939 bits per heavy atom. The molecule has 0 aliphatic heterocycles. The van der Waals surface area contributed by atoms with Crippen LogP contribution in [0.15, 0.2) is 82.6 Å². The lowest BCUT2D eigenvalue weighted by Gasteiger charge is -2.11. The Morgan fingerprint density at radius 3 is 2.27 bits per heavy atom. The normalized spacial score (nSPS) is 10.8. The molecule has 0 atom stereocenters. The molecule has 11 heteroatoms. The van der Waals surface area contributed by atoms with E-state index in [1.165, 1.54) is 53.2 Å². The second kappa shape index (κ2) is 10.5. The quantitative estimate of drug-likeness (QED) is 0.427. The molecule has 0 aliphatic rings. The molecule has 0 fully saturated rings. The van der Waals surface area contributed by atoms with Gasteiger partial charge in [-0.1, -0.05) is 6.07 Å². The third-order valence-corrected chi connectivity index (χ3v) is 5.77. The number of hydrazine groups is 1. The highest BCUT2D eigenvalue weighted by atomic mass is 32.2. The molecule has 3 rings (SSSR count). The summed E-state index contributed by atoms with van der Waals surface area (Å²) in [6, 6.07) is 16.1. The monoisotopic (exact) mass is 470 g/mol. The number of nitrogens with one attached hydrogen (secondary N) is 3. The molecule has 3 aromatic rings. The van der Waals surface area contributed by atoms with Gasteiger partial charge >= 0.3 is 0 Å². The Bertz CT molecular complexity index is 1290. The van der Waals surface area contributed by atoms with E-state index in [0.29, 0.717) is 12.4 Å². The molecule has 3 N–H and O–H groups in total. The first-order chi connectivity index (χ1) is 15.8.